The quantitative estimate of drug-likeness (QED) is 0.435. The van der Waals surface area contributed by atoms with Gasteiger partial charge in [0.1, 0.15) is 11.0 Å². The largest absolute Gasteiger partial charge is 0.462 e. The molecule has 2 amide bonds. The third-order valence-corrected chi connectivity index (χ3v) is 7.34. The van der Waals surface area contributed by atoms with E-state index in [1.807, 2.05) is 6.26 Å². The first-order valence-electron chi connectivity index (χ1n) is 11.6. The molecule has 0 radical (unpaired) electrons. The topological polar surface area (TPSA) is 111 Å². The Hall–Kier alpha value is -2.85. The van der Waals surface area contributed by atoms with Crippen molar-refractivity contribution in [2.45, 2.75) is 45.1 Å². The molecule has 1 aromatic heterocycles. The van der Waals surface area contributed by atoms with Crippen LogP contribution < -0.4 is 10.6 Å². The van der Waals surface area contributed by atoms with Gasteiger partial charge in [0.25, 0.3) is 11.8 Å². The van der Waals surface area contributed by atoms with Crippen LogP contribution in [0.2, 0.25) is 0 Å². The first-order valence-corrected chi connectivity index (χ1v) is 13.8. The summed E-state index contributed by atoms with van der Waals surface area (Å²) in [7, 11) is 0. The summed E-state index contributed by atoms with van der Waals surface area (Å²) in [5.41, 5.74) is 1.77. The summed E-state index contributed by atoms with van der Waals surface area (Å²) in [5.74, 6) is -1.46. The number of hydrogen-bond donors (Lipinski definition) is 2. The smallest absolute Gasteiger partial charge is 0.341 e. The van der Waals surface area contributed by atoms with E-state index < -0.39 is 30.5 Å². The molecule has 0 saturated heterocycles. The van der Waals surface area contributed by atoms with Crippen LogP contribution in [0.5, 0.6) is 0 Å². The number of benzene rings is 1. The van der Waals surface area contributed by atoms with Crippen LogP contribution in [-0.2, 0) is 31.9 Å². The molecular formula is C25H30N2O6S2. The molecule has 3 rings (SSSR count). The fraction of sp³-hybridized carbons (Fsp3) is 0.440. The van der Waals surface area contributed by atoms with Crippen LogP contribution in [-0.4, -0.2) is 55.0 Å². The Balaban J connectivity index is 1.63. The summed E-state index contributed by atoms with van der Waals surface area (Å²) in [6.45, 7) is 1.44. The lowest BCUT2D eigenvalue weighted by Gasteiger charge is -2.17. The lowest BCUT2D eigenvalue weighted by Crippen LogP contribution is -2.43. The molecule has 35 heavy (non-hydrogen) atoms. The number of carbonyl (C=O) groups is 4. The highest BCUT2D eigenvalue weighted by Gasteiger charge is 2.28. The van der Waals surface area contributed by atoms with Gasteiger partial charge in [0.05, 0.1) is 12.2 Å². The van der Waals surface area contributed by atoms with Gasteiger partial charge >= 0.3 is 11.9 Å². The number of nitrogens with one attached hydrogen (secondary N) is 2. The van der Waals surface area contributed by atoms with Crippen molar-refractivity contribution in [3.05, 3.63) is 51.9 Å². The van der Waals surface area contributed by atoms with E-state index in [1.165, 1.54) is 23.1 Å². The summed E-state index contributed by atoms with van der Waals surface area (Å²) < 4.78 is 10.4. The highest BCUT2D eigenvalue weighted by Crippen LogP contribution is 2.38. The maximum absolute atomic E-state index is 12.7. The summed E-state index contributed by atoms with van der Waals surface area (Å²) in [4.78, 5) is 51.5. The highest BCUT2D eigenvalue weighted by molar-refractivity contribution is 7.98. The van der Waals surface area contributed by atoms with Crippen molar-refractivity contribution >= 4 is 51.9 Å². The van der Waals surface area contributed by atoms with E-state index in [-0.39, 0.29) is 12.5 Å². The van der Waals surface area contributed by atoms with Crippen LogP contribution in [0.1, 0.15) is 57.3 Å². The van der Waals surface area contributed by atoms with E-state index >= 15 is 0 Å². The van der Waals surface area contributed by atoms with E-state index in [0.717, 1.165) is 36.1 Å². The zero-order valence-corrected chi connectivity index (χ0v) is 21.5. The van der Waals surface area contributed by atoms with Crippen molar-refractivity contribution in [3.8, 4) is 0 Å². The van der Waals surface area contributed by atoms with Crippen molar-refractivity contribution < 1.29 is 28.7 Å². The molecule has 8 nitrogen and oxygen atoms in total. The molecule has 10 heteroatoms. The lowest BCUT2D eigenvalue weighted by molar-refractivity contribution is -0.149. The van der Waals surface area contributed by atoms with Crippen molar-refractivity contribution in [2.75, 3.05) is 30.5 Å². The second kappa shape index (κ2) is 13.3. The molecule has 2 aromatic rings. The van der Waals surface area contributed by atoms with Crippen molar-refractivity contribution in [1.82, 2.24) is 5.32 Å². The molecule has 0 unspecified atom stereocenters. The summed E-state index contributed by atoms with van der Waals surface area (Å²) in [6, 6.07) is 7.70. The van der Waals surface area contributed by atoms with Gasteiger partial charge < -0.3 is 20.1 Å². The first-order chi connectivity index (χ1) is 16.9. The minimum atomic E-state index is -0.882. The zero-order valence-electron chi connectivity index (χ0n) is 19.9. The second-order valence-electron chi connectivity index (χ2n) is 7.96. The first kappa shape index (κ1) is 26.7. The average molecular weight is 519 g/mol. The third kappa shape index (κ3) is 7.32. The number of amides is 2. The second-order valence-corrected chi connectivity index (χ2v) is 10.1. The van der Waals surface area contributed by atoms with E-state index in [2.05, 4.69) is 10.6 Å². The normalized spacial score (nSPS) is 13.3. The fourth-order valence-corrected chi connectivity index (χ4v) is 5.55. The maximum atomic E-state index is 12.7. The molecule has 0 aliphatic heterocycles. The van der Waals surface area contributed by atoms with E-state index in [4.69, 9.17) is 9.47 Å². The summed E-state index contributed by atoms with van der Waals surface area (Å²) in [5, 5.41) is 5.84. The Kier molecular flexibility index (Phi) is 10.2. The monoisotopic (exact) mass is 518 g/mol. The van der Waals surface area contributed by atoms with E-state index in [0.29, 0.717) is 28.3 Å². The molecule has 1 heterocycles. The van der Waals surface area contributed by atoms with Crippen LogP contribution in [0.3, 0.4) is 0 Å². The van der Waals surface area contributed by atoms with E-state index in [9.17, 15) is 19.2 Å². The molecule has 0 fully saturated rings. The standard InChI is InChI=1S/C25H30N2O6S2/c1-3-32-25(31)21-17-11-7-8-12-19(17)35-23(21)27-20(28)15-33-24(30)18(13-14-34-2)26-22(29)16-9-5-4-6-10-16/h4-6,9-10,18H,3,7-8,11-15H2,1-2H3,(H,26,29)(H,27,28)/t18-/m1/s1. The molecule has 188 valence electrons. The highest BCUT2D eigenvalue weighted by atomic mass is 32.2. The van der Waals surface area contributed by atoms with Crippen LogP contribution in [0.15, 0.2) is 30.3 Å². The van der Waals surface area contributed by atoms with Gasteiger partial charge in [0, 0.05) is 10.4 Å². The van der Waals surface area contributed by atoms with E-state index in [1.54, 1.807) is 37.3 Å². The third-order valence-electron chi connectivity index (χ3n) is 5.49. The molecule has 0 saturated carbocycles. The summed E-state index contributed by atoms with van der Waals surface area (Å²) in [6.07, 6.45) is 5.90. The lowest BCUT2D eigenvalue weighted by atomic mass is 9.95. The summed E-state index contributed by atoms with van der Waals surface area (Å²) >= 11 is 2.91. The van der Waals surface area contributed by atoms with Gasteiger partial charge in [-0.2, -0.15) is 11.8 Å². The molecule has 1 aliphatic rings. The number of fused-ring (bicyclic) bond motifs is 1. The number of esters is 2. The number of thiophene rings is 1. The molecule has 0 spiro atoms. The van der Waals surface area contributed by atoms with Gasteiger partial charge in [-0.3, -0.25) is 9.59 Å². The van der Waals surface area contributed by atoms with Crippen LogP contribution >= 0.6 is 23.1 Å². The number of ether oxygens (including phenoxy) is 2. The molecule has 1 atom stereocenters. The number of anilines is 1. The van der Waals surface area contributed by atoms with Gasteiger partial charge in [-0.25, -0.2) is 9.59 Å². The molecule has 1 aliphatic carbocycles. The Morgan fingerprint density at radius 1 is 1.09 bits per heavy atom. The van der Waals surface area contributed by atoms with Gasteiger partial charge in [0.2, 0.25) is 0 Å². The van der Waals surface area contributed by atoms with Crippen LogP contribution in [0.4, 0.5) is 5.00 Å². The number of hydrogen-bond acceptors (Lipinski definition) is 8. The molecule has 0 bridgehead atoms. The zero-order chi connectivity index (χ0) is 25.2. The average Bonchev–Trinajstić information content (AvgIpc) is 3.23. The van der Waals surface area contributed by atoms with Gasteiger partial charge in [0.15, 0.2) is 6.61 Å². The predicted molar refractivity (Wildman–Crippen MR) is 137 cm³/mol. The molecular weight excluding hydrogens is 488 g/mol. The minimum absolute atomic E-state index is 0.237. The minimum Gasteiger partial charge on any atom is -0.462 e. The van der Waals surface area contributed by atoms with Gasteiger partial charge in [-0.15, -0.1) is 11.3 Å². The van der Waals surface area contributed by atoms with Gasteiger partial charge in [-0.1, -0.05) is 18.2 Å². The maximum Gasteiger partial charge on any atom is 0.341 e. The Labute approximate surface area is 213 Å². The number of carbonyl (C=O) groups excluding carboxylic acids is 4. The molecule has 2 N–H and O–H groups in total. The van der Waals surface area contributed by atoms with Crippen molar-refractivity contribution in [2.24, 2.45) is 0 Å². The van der Waals surface area contributed by atoms with Crippen molar-refractivity contribution in [1.29, 1.82) is 0 Å². The number of aryl methyl sites for hydroxylation is 1. The van der Waals surface area contributed by atoms with Crippen LogP contribution in [0.25, 0.3) is 0 Å². The Bertz CT molecular complexity index is 1050. The number of rotatable bonds is 11. The number of thioether (sulfide) groups is 1. The Morgan fingerprint density at radius 2 is 1.83 bits per heavy atom. The van der Waals surface area contributed by atoms with Gasteiger partial charge in [-0.05, 0) is 68.7 Å². The SMILES string of the molecule is CCOC(=O)c1c(NC(=O)COC(=O)[C@@H](CCSC)NC(=O)c2ccccc2)sc2c1CCCC2. The fourth-order valence-electron chi connectivity index (χ4n) is 3.79. The Morgan fingerprint density at radius 3 is 2.54 bits per heavy atom. The van der Waals surface area contributed by atoms with Crippen LogP contribution in [0, 0.1) is 0 Å². The van der Waals surface area contributed by atoms with Crippen molar-refractivity contribution in [3.63, 3.8) is 0 Å². The predicted octanol–water partition coefficient (Wildman–Crippen LogP) is 3.84. The molecule has 1 aromatic carbocycles.